The van der Waals surface area contributed by atoms with Gasteiger partial charge < -0.3 is 14.2 Å². The van der Waals surface area contributed by atoms with E-state index in [2.05, 4.69) is 4.90 Å². The van der Waals surface area contributed by atoms with E-state index in [4.69, 9.17) is 4.42 Å². The Labute approximate surface area is 97.7 Å². The van der Waals surface area contributed by atoms with Crippen LogP contribution in [0.15, 0.2) is 16.5 Å². The van der Waals surface area contributed by atoms with Gasteiger partial charge in [0, 0.05) is 26.2 Å². The average Bonchev–Trinajstić information content (AvgIpc) is 2.78. The summed E-state index contributed by atoms with van der Waals surface area (Å²) in [6.45, 7) is 2.83. The first-order chi connectivity index (χ1) is 8.08. The van der Waals surface area contributed by atoms with Gasteiger partial charge in [-0.05, 0) is 13.1 Å². The molecule has 7 nitrogen and oxygen atoms in total. The molecule has 0 unspecified atom stereocenters. The third-order valence-corrected chi connectivity index (χ3v) is 2.77. The van der Waals surface area contributed by atoms with Gasteiger partial charge >= 0.3 is 5.88 Å². The highest BCUT2D eigenvalue weighted by molar-refractivity contribution is 5.91. The van der Waals surface area contributed by atoms with Gasteiger partial charge in [-0.3, -0.25) is 14.9 Å². The number of nitro groups is 1. The zero-order valence-electron chi connectivity index (χ0n) is 9.46. The molecule has 0 aromatic carbocycles. The van der Waals surface area contributed by atoms with Crippen LogP contribution in [0, 0.1) is 10.1 Å². The van der Waals surface area contributed by atoms with Crippen molar-refractivity contribution in [2.75, 3.05) is 33.2 Å². The summed E-state index contributed by atoms with van der Waals surface area (Å²) in [4.78, 5) is 25.5. The van der Waals surface area contributed by atoms with Crippen molar-refractivity contribution in [2.24, 2.45) is 0 Å². The number of piperazine rings is 1. The molecule has 2 heterocycles. The van der Waals surface area contributed by atoms with Crippen molar-refractivity contribution in [3.63, 3.8) is 0 Å². The number of likely N-dealkylation sites (N-methyl/N-ethyl adjacent to an activating group) is 1. The summed E-state index contributed by atoms with van der Waals surface area (Å²) in [5, 5.41) is 10.4. The molecule has 0 radical (unpaired) electrons. The smallest absolute Gasteiger partial charge is 0.395 e. The summed E-state index contributed by atoms with van der Waals surface area (Å²) in [6.07, 6.45) is 0. The number of carbonyl (C=O) groups is 1. The van der Waals surface area contributed by atoms with Crippen molar-refractivity contribution < 1.29 is 14.1 Å². The highest BCUT2D eigenvalue weighted by Gasteiger charge is 2.24. The molecular weight excluding hydrogens is 226 g/mol. The minimum atomic E-state index is -0.652. The van der Waals surface area contributed by atoms with E-state index in [-0.39, 0.29) is 11.7 Å². The zero-order valence-corrected chi connectivity index (χ0v) is 9.46. The quantitative estimate of drug-likeness (QED) is 0.557. The number of hydrogen-bond donors (Lipinski definition) is 0. The van der Waals surface area contributed by atoms with E-state index in [1.807, 2.05) is 7.05 Å². The van der Waals surface area contributed by atoms with Crippen LogP contribution in [-0.2, 0) is 0 Å². The molecule has 7 heteroatoms. The molecule has 1 aromatic rings. The monoisotopic (exact) mass is 239 g/mol. The highest BCUT2D eigenvalue weighted by atomic mass is 16.6. The maximum atomic E-state index is 11.9. The fourth-order valence-corrected chi connectivity index (χ4v) is 1.71. The molecule has 0 N–H and O–H groups in total. The highest BCUT2D eigenvalue weighted by Crippen LogP contribution is 2.17. The Bertz CT molecular complexity index is 435. The first-order valence-electron chi connectivity index (χ1n) is 5.30. The van der Waals surface area contributed by atoms with Crippen molar-refractivity contribution in [2.45, 2.75) is 0 Å². The molecule has 1 fully saturated rings. The van der Waals surface area contributed by atoms with Gasteiger partial charge in [-0.2, -0.15) is 0 Å². The normalized spacial score (nSPS) is 17.1. The second kappa shape index (κ2) is 4.54. The number of carbonyl (C=O) groups excluding carboxylic acids is 1. The van der Waals surface area contributed by atoms with Crippen LogP contribution in [-0.4, -0.2) is 53.9 Å². The topological polar surface area (TPSA) is 79.8 Å². The van der Waals surface area contributed by atoms with Gasteiger partial charge in [-0.1, -0.05) is 0 Å². The lowest BCUT2D eigenvalue weighted by Crippen LogP contribution is -2.47. The number of rotatable bonds is 2. The molecule has 1 aliphatic heterocycles. The Morgan fingerprint density at radius 1 is 1.35 bits per heavy atom. The standard InChI is InChI=1S/C10H13N3O4/c1-11-4-6-12(7-5-11)10(14)8-2-3-9(17-8)13(15)16/h2-3H,4-7H2,1H3. The zero-order chi connectivity index (χ0) is 12.4. The van der Waals surface area contributed by atoms with E-state index >= 15 is 0 Å². The van der Waals surface area contributed by atoms with E-state index < -0.39 is 10.8 Å². The van der Waals surface area contributed by atoms with E-state index in [1.165, 1.54) is 12.1 Å². The molecule has 0 bridgehead atoms. The Kier molecular flexibility index (Phi) is 3.10. The fraction of sp³-hybridized carbons (Fsp3) is 0.500. The Morgan fingerprint density at radius 3 is 2.53 bits per heavy atom. The molecule has 1 saturated heterocycles. The van der Waals surface area contributed by atoms with Gasteiger partial charge in [0.05, 0.1) is 6.07 Å². The van der Waals surface area contributed by atoms with Crippen LogP contribution in [0.1, 0.15) is 10.6 Å². The van der Waals surface area contributed by atoms with Crippen LogP contribution >= 0.6 is 0 Å². The molecule has 0 spiro atoms. The first-order valence-corrected chi connectivity index (χ1v) is 5.30. The molecule has 1 aromatic heterocycles. The molecule has 1 amide bonds. The Morgan fingerprint density at radius 2 is 2.00 bits per heavy atom. The second-order valence-corrected chi connectivity index (χ2v) is 3.99. The lowest BCUT2D eigenvalue weighted by molar-refractivity contribution is -0.402. The number of furan rings is 1. The molecule has 92 valence electrons. The number of hydrogen-bond acceptors (Lipinski definition) is 5. The third kappa shape index (κ3) is 2.44. The third-order valence-electron chi connectivity index (χ3n) is 2.77. The van der Waals surface area contributed by atoms with Gasteiger partial charge in [-0.15, -0.1) is 0 Å². The van der Waals surface area contributed by atoms with Crippen molar-refractivity contribution in [3.05, 3.63) is 28.0 Å². The summed E-state index contributed by atoms with van der Waals surface area (Å²) in [5.74, 6) is -0.657. The van der Waals surface area contributed by atoms with E-state index in [9.17, 15) is 14.9 Å². The SMILES string of the molecule is CN1CCN(C(=O)c2ccc([N+](=O)[O-])o2)CC1. The molecule has 2 rings (SSSR count). The van der Waals surface area contributed by atoms with Crippen molar-refractivity contribution in [3.8, 4) is 0 Å². The molecular formula is C10H13N3O4. The summed E-state index contributed by atoms with van der Waals surface area (Å²) in [7, 11) is 1.99. The average molecular weight is 239 g/mol. The number of amides is 1. The van der Waals surface area contributed by atoms with E-state index in [0.29, 0.717) is 13.1 Å². The summed E-state index contributed by atoms with van der Waals surface area (Å²) in [6, 6.07) is 2.54. The number of nitrogens with zero attached hydrogens (tertiary/aromatic N) is 3. The van der Waals surface area contributed by atoms with Gasteiger partial charge in [0.2, 0.25) is 0 Å². The van der Waals surface area contributed by atoms with Gasteiger partial charge in [0.15, 0.2) is 5.76 Å². The summed E-state index contributed by atoms with van der Waals surface area (Å²) in [5.41, 5.74) is 0. The van der Waals surface area contributed by atoms with Crippen LogP contribution in [0.5, 0.6) is 0 Å². The lowest BCUT2D eigenvalue weighted by Gasteiger charge is -2.31. The van der Waals surface area contributed by atoms with Crippen LogP contribution in [0.3, 0.4) is 0 Å². The summed E-state index contributed by atoms with van der Waals surface area (Å²) >= 11 is 0. The molecule has 17 heavy (non-hydrogen) atoms. The lowest BCUT2D eigenvalue weighted by atomic mass is 10.3. The van der Waals surface area contributed by atoms with Crippen molar-refractivity contribution in [1.82, 2.24) is 9.80 Å². The maximum Gasteiger partial charge on any atom is 0.433 e. The second-order valence-electron chi connectivity index (χ2n) is 3.99. The van der Waals surface area contributed by atoms with E-state index in [0.717, 1.165) is 13.1 Å². The van der Waals surface area contributed by atoms with Crippen LogP contribution in [0.2, 0.25) is 0 Å². The largest absolute Gasteiger partial charge is 0.433 e. The molecule has 0 atom stereocenters. The van der Waals surface area contributed by atoms with Gasteiger partial charge in [0.1, 0.15) is 4.92 Å². The predicted octanol–water partition coefficient (Wildman–Crippen LogP) is 0.575. The van der Waals surface area contributed by atoms with Gasteiger partial charge in [0.25, 0.3) is 5.91 Å². The predicted molar refractivity (Wildman–Crippen MR) is 58.8 cm³/mol. The van der Waals surface area contributed by atoms with Crippen molar-refractivity contribution in [1.29, 1.82) is 0 Å². The van der Waals surface area contributed by atoms with Crippen LogP contribution < -0.4 is 0 Å². The minimum absolute atomic E-state index is 0.0289. The minimum Gasteiger partial charge on any atom is -0.395 e. The Balaban J connectivity index is 2.06. The van der Waals surface area contributed by atoms with Gasteiger partial charge in [-0.25, -0.2) is 0 Å². The summed E-state index contributed by atoms with van der Waals surface area (Å²) < 4.78 is 4.88. The maximum absolute atomic E-state index is 11.9. The van der Waals surface area contributed by atoms with Crippen molar-refractivity contribution >= 4 is 11.8 Å². The molecule has 0 aliphatic carbocycles. The van der Waals surface area contributed by atoms with Crippen LogP contribution in [0.4, 0.5) is 5.88 Å². The molecule has 1 aliphatic rings. The Hall–Kier alpha value is -1.89. The fourth-order valence-electron chi connectivity index (χ4n) is 1.71. The van der Waals surface area contributed by atoms with Crippen LogP contribution in [0.25, 0.3) is 0 Å². The first kappa shape index (κ1) is 11.6. The molecule has 0 saturated carbocycles. The van der Waals surface area contributed by atoms with E-state index in [1.54, 1.807) is 4.90 Å².